The fraction of sp³-hybridized carbons (Fsp3) is 0.600. The van der Waals surface area contributed by atoms with Gasteiger partial charge in [-0.25, -0.2) is 0 Å². The molecule has 0 radical (unpaired) electrons. The first-order valence-corrected chi connectivity index (χ1v) is 8.84. The van der Waals surface area contributed by atoms with E-state index in [4.69, 9.17) is 8.92 Å². The van der Waals surface area contributed by atoms with Crippen LogP contribution in [0.3, 0.4) is 0 Å². The van der Waals surface area contributed by atoms with E-state index in [1.54, 1.807) is 0 Å². The Morgan fingerprint density at radius 2 is 1.75 bits per heavy atom. The first-order valence-electron chi connectivity index (χ1n) is 7.03. The third kappa shape index (κ3) is 5.61. The van der Waals surface area contributed by atoms with Crippen molar-refractivity contribution in [3.05, 3.63) is 35.9 Å². The average molecular weight is 298 g/mol. The molecule has 0 atom stereocenters. The highest BCUT2D eigenvalue weighted by atomic mass is 32.2. The molecule has 1 fully saturated rings. The van der Waals surface area contributed by atoms with E-state index in [2.05, 4.69) is 12.1 Å². The van der Waals surface area contributed by atoms with E-state index in [9.17, 15) is 8.42 Å². The fourth-order valence-electron chi connectivity index (χ4n) is 2.47. The summed E-state index contributed by atoms with van der Waals surface area (Å²) in [5, 5.41) is 0. The summed E-state index contributed by atoms with van der Waals surface area (Å²) in [6.07, 6.45) is 5.27. The standard InChI is InChI=1S/C15H22O4S/c1-20(16,17)19-12-14-7-9-15(10-8-14)18-11-13-5-3-2-4-6-13/h2-6,14-15H,7-12H2,1H3. The zero-order valence-electron chi connectivity index (χ0n) is 11.8. The van der Waals surface area contributed by atoms with Crippen molar-refractivity contribution in [1.82, 2.24) is 0 Å². The summed E-state index contributed by atoms with van der Waals surface area (Å²) in [6.45, 7) is 0.959. The number of benzene rings is 1. The van der Waals surface area contributed by atoms with Crippen LogP contribution in [-0.4, -0.2) is 27.4 Å². The Bertz CT molecular complexity index is 490. The van der Waals surface area contributed by atoms with Crippen LogP contribution in [-0.2, 0) is 25.6 Å². The van der Waals surface area contributed by atoms with Crippen LogP contribution in [0.2, 0.25) is 0 Å². The molecule has 0 aromatic heterocycles. The van der Waals surface area contributed by atoms with E-state index < -0.39 is 10.1 Å². The van der Waals surface area contributed by atoms with Gasteiger partial charge < -0.3 is 4.74 Å². The molecule has 0 aliphatic heterocycles. The molecule has 0 unspecified atom stereocenters. The second-order valence-electron chi connectivity index (χ2n) is 5.43. The number of hydrogen-bond donors (Lipinski definition) is 0. The zero-order valence-corrected chi connectivity index (χ0v) is 12.6. The highest BCUT2D eigenvalue weighted by Crippen LogP contribution is 2.27. The molecule has 4 nitrogen and oxygen atoms in total. The Hall–Kier alpha value is -0.910. The van der Waals surface area contributed by atoms with Gasteiger partial charge in [-0.1, -0.05) is 30.3 Å². The molecule has 112 valence electrons. The molecule has 20 heavy (non-hydrogen) atoms. The minimum Gasteiger partial charge on any atom is -0.374 e. The van der Waals surface area contributed by atoms with Crippen molar-refractivity contribution >= 4 is 10.1 Å². The van der Waals surface area contributed by atoms with E-state index in [1.807, 2.05) is 18.2 Å². The Labute approximate surface area is 121 Å². The maximum atomic E-state index is 11.0. The summed E-state index contributed by atoms with van der Waals surface area (Å²) in [6, 6.07) is 10.1. The molecule has 2 rings (SSSR count). The van der Waals surface area contributed by atoms with Gasteiger partial charge in [-0.15, -0.1) is 0 Å². The fourth-order valence-corrected chi connectivity index (χ4v) is 2.91. The largest absolute Gasteiger partial charge is 0.374 e. The van der Waals surface area contributed by atoms with Crippen LogP contribution in [0.15, 0.2) is 30.3 Å². The lowest BCUT2D eigenvalue weighted by atomic mass is 9.88. The van der Waals surface area contributed by atoms with Crippen molar-refractivity contribution in [3.63, 3.8) is 0 Å². The molecule has 1 saturated carbocycles. The number of ether oxygens (including phenoxy) is 1. The lowest BCUT2D eigenvalue weighted by molar-refractivity contribution is 0.00284. The van der Waals surface area contributed by atoms with Crippen molar-refractivity contribution in [3.8, 4) is 0 Å². The van der Waals surface area contributed by atoms with Gasteiger partial charge in [0.1, 0.15) is 0 Å². The molecule has 0 N–H and O–H groups in total. The van der Waals surface area contributed by atoms with Crippen LogP contribution < -0.4 is 0 Å². The van der Waals surface area contributed by atoms with Gasteiger partial charge in [0.2, 0.25) is 0 Å². The molecule has 0 amide bonds. The van der Waals surface area contributed by atoms with E-state index >= 15 is 0 Å². The highest BCUT2D eigenvalue weighted by Gasteiger charge is 2.22. The second-order valence-corrected chi connectivity index (χ2v) is 7.07. The quantitative estimate of drug-likeness (QED) is 0.758. The van der Waals surface area contributed by atoms with Crippen molar-refractivity contribution in [2.24, 2.45) is 5.92 Å². The maximum Gasteiger partial charge on any atom is 0.264 e. The Morgan fingerprint density at radius 3 is 2.35 bits per heavy atom. The van der Waals surface area contributed by atoms with E-state index in [1.165, 1.54) is 5.56 Å². The van der Waals surface area contributed by atoms with Crippen molar-refractivity contribution in [1.29, 1.82) is 0 Å². The van der Waals surface area contributed by atoms with Crippen LogP contribution in [0.1, 0.15) is 31.2 Å². The van der Waals surface area contributed by atoms with E-state index in [-0.39, 0.29) is 6.10 Å². The van der Waals surface area contributed by atoms with Gasteiger partial charge in [0.05, 0.1) is 25.6 Å². The van der Waals surface area contributed by atoms with Crippen molar-refractivity contribution in [2.45, 2.75) is 38.4 Å². The molecule has 1 aromatic rings. The normalized spacial score (nSPS) is 23.6. The van der Waals surface area contributed by atoms with Crippen LogP contribution in [0.25, 0.3) is 0 Å². The predicted molar refractivity (Wildman–Crippen MR) is 77.8 cm³/mol. The van der Waals surface area contributed by atoms with Crippen molar-refractivity contribution < 1.29 is 17.3 Å². The van der Waals surface area contributed by atoms with Crippen molar-refractivity contribution in [2.75, 3.05) is 12.9 Å². The lowest BCUT2D eigenvalue weighted by Crippen LogP contribution is -2.24. The van der Waals surface area contributed by atoms with Gasteiger partial charge >= 0.3 is 0 Å². The Balaban J connectivity index is 1.67. The summed E-state index contributed by atoms with van der Waals surface area (Å²) in [4.78, 5) is 0. The maximum absolute atomic E-state index is 11.0. The summed E-state index contributed by atoms with van der Waals surface area (Å²) >= 11 is 0. The smallest absolute Gasteiger partial charge is 0.264 e. The molecule has 1 aliphatic rings. The van der Waals surface area contributed by atoms with Gasteiger partial charge in [0, 0.05) is 0 Å². The molecule has 0 spiro atoms. The minimum absolute atomic E-state index is 0.282. The van der Waals surface area contributed by atoms with Gasteiger partial charge in [-0.2, -0.15) is 8.42 Å². The summed E-state index contributed by atoms with van der Waals surface area (Å²) < 4.78 is 32.7. The van der Waals surface area contributed by atoms with Gasteiger partial charge in [0.15, 0.2) is 0 Å². The number of rotatable bonds is 6. The van der Waals surface area contributed by atoms with Crippen LogP contribution in [0.4, 0.5) is 0 Å². The first kappa shape index (κ1) is 15.5. The van der Waals surface area contributed by atoms with Crippen LogP contribution in [0.5, 0.6) is 0 Å². The molecular weight excluding hydrogens is 276 g/mol. The zero-order chi connectivity index (χ0) is 14.4. The molecule has 0 bridgehead atoms. The van der Waals surface area contributed by atoms with Gasteiger partial charge in [-0.05, 0) is 37.2 Å². The topological polar surface area (TPSA) is 52.6 Å². The second kappa shape index (κ2) is 7.20. The highest BCUT2D eigenvalue weighted by molar-refractivity contribution is 7.85. The summed E-state index contributed by atoms with van der Waals surface area (Å²) in [7, 11) is -3.31. The van der Waals surface area contributed by atoms with Gasteiger partial charge in [-0.3, -0.25) is 4.18 Å². The minimum atomic E-state index is -3.31. The monoisotopic (exact) mass is 298 g/mol. The van der Waals surface area contributed by atoms with E-state index in [0.717, 1.165) is 31.9 Å². The molecule has 0 heterocycles. The predicted octanol–water partition coefficient (Wildman–Crippen LogP) is 2.74. The summed E-state index contributed by atoms with van der Waals surface area (Å²) in [5.74, 6) is 0.335. The molecule has 1 aromatic carbocycles. The SMILES string of the molecule is CS(=O)(=O)OCC1CCC(OCc2ccccc2)CC1. The molecular formula is C15H22O4S. The lowest BCUT2D eigenvalue weighted by Gasteiger charge is -2.28. The summed E-state index contributed by atoms with van der Waals surface area (Å²) in [5.41, 5.74) is 1.19. The molecule has 0 saturated heterocycles. The third-order valence-corrected chi connectivity index (χ3v) is 4.20. The number of hydrogen-bond acceptors (Lipinski definition) is 4. The Kier molecular flexibility index (Phi) is 5.57. The van der Waals surface area contributed by atoms with Crippen LogP contribution in [0, 0.1) is 5.92 Å². The van der Waals surface area contributed by atoms with Gasteiger partial charge in [0.25, 0.3) is 10.1 Å². The Morgan fingerprint density at radius 1 is 1.10 bits per heavy atom. The van der Waals surface area contributed by atoms with Crippen LogP contribution >= 0.6 is 0 Å². The molecule has 1 aliphatic carbocycles. The average Bonchev–Trinajstić information content (AvgIpc) is 2.44. The molecule has 5 heteroatoms. The third-order valence-electron chi connectivity index (χ3n) is 3.64. The first-order chi connectivity index (χ1) is 9.53. The van der Waals surface area contributed by atoms with E-state index in [0.29, 0.717) is 19.1 Å².